The monoisotopic (exact) mass is 601 g/mol. The number of ether oxygens (including phenoxy) is 3. The van der Waals surface area contributed by atoms with Gasteiger partial charge < -0.3 is 14.2 Å². The molecule has 0 bridgehead atoms. The smallest absolute Gasteiger partial charge is 0.341 e. The van der Waals surface area contributed by atoms with E-state index in [1.807, 2.05) is 53.1 Å². The van der Waals surface area contributed by atoms with E-state index in [1.165, 1.54) is 7.11 Å². The molecule has 0 aliphatic heterocycles. The van der Waals surface area contributed by atoms with Crippen molar-refractivity contribution >= 4 is 47.7 Å². The number of nitrogens with zero attached hydrogens (tertiary/aromatic N) is 3. The molecule has 0 N–H and O–H groups in total. The Labute approximate surface area is 219 Å². The summed E-state index contributed by atoms with van der Waals surface area (Å²) in [7, 11) is 0.127. The van der Waals surface area contributed by atoms with E-state index in [1.54, 1.807) is 12.3 Å². The molecule has 2 heterocycles. The third-order valence-corrected chi connectivity index (χ3v) is 7.83. The summed E-state index contributed by atoms with van der Waals surface area (Å²) in [5.41, 5.74) is 2.44. The second-order valence-electron chi connectivity index (χ2n) is 9.31. The summed E-state index contributed by atoms with van der Waals surface area (Å²) in [6, 6.07) is 17.9. The Hall–Kier alpha value is -2.76. The van der Waals surface area contributed by atoms with Crippen LogP contribution in [0.4, 0.5) is 0 Å². The summed E-state index contributed by atoms with van der Waals surface area (Å²) in [6.07, 6.45) is 1.73. The van der Waals surface area contributed by atoms with Gasteiger partial charge in [0.1, 0.15) is 29.5 Å². The van der Waals surface area contributed by atoms with E-state index in [0.717, 1.165) is 20.8 Å². The number of carbonyl (C=O) groups excluding carboxylic acids is 1. The second-order valence-corrected chi connectivity index (χ2v) is 16.2. The van der Waals surface area contributed by atoms with Gasteiger partial charge >= 0.3 is 5.97 Å². The van der Waals surface area contributed by atoms with Crippen molar-refractivity contribution in [2.24, 2.45) is 0 Å². The van der Waals surface area contributed by atoms with Crippen molar-refractivity contribution in [1.82, 2.24) is 14.5 Å². The van der Waals surface area contributed by atoms with Gasteiger partial charge in [-0.25, -0.2) is 9.78 Å². The zero-order chi connectivity index (χ0) is 25.0. The van der Waals surface area contributed by atoms with Crippen molar-refractivity contribution < 1.29 is 19.0 Å². The minimum atomic E-state index is -1.23. The van der Waals surface area contributed by atoms with E-state index in [9.17, 15) is 4.79 Å². The molecule has 0 spiro atoms. The Balaban J connectivity index is 1.80. The zero-order valence-corrected chi connectivity index (χ0v) is 23.4. The fourth-order valence-corrected chi connectivity index (χ4v) is 4.61. The summed E-state index contributed by atoms with van der Waals surface area (Å²) in [4.78, 5) is 21.9. The number of carbonyl (C=O) groups is 1. The minimum absolute atomic E-state index is 0.301. The molecule has 0 aliphatic carbocycles. The lowest BCUT2D eigenvalue weighted by Crippen LogP contribution is -2.22. The summed E-state index contributed by atoms with van der Waals surface area (Å²) in [5.74, 6) is 1.18. The molecular formula is C26H28IN3O4Si. The normalized spacial score (nSPS) is 11.6. The van der Waals surface area contributed by atoms with Crippen LogP contribution >= 0.6 is 22.6 Å². The lowest BCUT2D eigenvalue weighted by Gasteiger charge is -2.16. The molecule has 0 atom stereocenters. The first kappa shape index (κ1) is 25.3. The first-order chi connectivity index (χ1) is 16.7. The van der Waals surface area contributed by atoms with E-state index in [4.69, 9.17) is 19.2 Å². The van der Waals surface area contributed by atoms with Crippen LogP contribution in [0, 0.1) is 3.57 Å². The van der Waals surface area contributed by atoms with E-state index >= 15 is 0 Å². The number of rotatable bonds is 9. The summed E-state index contributed by atoms with van der Waals surface area (Å²) in [6.45, 7) is 7.96. The number of halogens is 1. The van der Waals surface area contributed by atoms with Crippen LogP contribution in [0.25, 0.3) is 22.6 Å². The molecule has 0 unspecified atom stereocenters. The summed E-state index contributed by atoms with van der Waals surface area (Å²) in [5, 5.41) is 0. The lowest BCUT2D eigenvalue weighted by atomic mass is 10.1. The predicted octanol–water partition coefficient (Wildman–Crippen LogP) is 6.59. The SMILES string of the molecule is COC(=O)c1cc2nc(-c3ccccn3)n(COCC[Si](C)(C)C)c2cc1Oc1ccc(I)cc1. The van der Waals surface area contributed by atoms with Crippen molar-refractivity contribution in [1.29, 1.82) is 0 Å². The van der Waals surface area contributed by atoms with E-state index in [2.05, 4.69) is 47.2 Å². The molecule has 35 heavy (non-hydrogen) atoms. The third-order valence-electron chi connectivity index (χ3n) is 5.41. The largest absolute Gasteiger partial charge is 0.465 e. The molecule has 0 fully saturated rings. The highest BCUT2D eigenvalue weighted by atomic mass is 127. The van der Waals surface area contributed by atoms with Crippen molar-refractivity contribution in [2.75, 3.05) is 13.7 Å². The summed E-state index contributed by atoms with van der Waals surface area (Å²) >= 11 is 2.24. The average Bonchev–Trinajstić information content (AvgIpc) is 3.19. The highest BCUT2D eigenvalue weighted by molar-refractivity contribution is 14.1. The Morgan fingerprint density at radius 3 is 2.51 bits per heavy atom. The van der Waals surface area contributed by atoms with Gasteiger partial charge in [-0.05, 0) is 71.1 Å². The Morgan fingerprint density at radius 2 is 1.86 bits per heavy atom. The second kappa shape index (κ2) is 10.9. The van der Waals surface area contributed by atoms with Crippen molar-refractivity contribution in [3.8, 4) is 23.0 Å². The van der Waals surface area contributed by atoms with Gasteiger partial charge in [-0.3, -0.25) is 9.55 Å². The molecule has 0 amide bonds. The van der Waals surface area contributed by atoms with E-state index < -0.39 is 14.0 Å². The number of hydrogen-bond donors (Lipinski definition) is 0. The zero-order valence-electron chi connectivity index (χ0n) is 20.2. The first-order valence-corrected chi connectivity index (χ1v) is 16.1. The number of fused-ring (bicyclic) bond motifs is 1. The number of hydrogen-bond acceptors (Lipinski definition) is 6. The van der Waals surface area contributed by atoms with Gasteiger partial charge in [0.05, 0.1) is 18.1 Å². The van der Waals surface area contributed by atoms with Crippen LogP contribution in [0.1, 0.15) is 10.4 Å². The molecule has 7 nitrogen and oxygen atoms in total. The summed E-state index contributed by atoms with van der Waals surface area (Å²) < 4.78 is 20.3. The molecule has 9 heteroatoms. The minimum Gasteiger partial charge on any atom is -0.465 e. The first-order valence-electron chi connectivity index (χ1n) is 11.3. The number of aromatic nitrogens is 3. The molecule has 4 aromatic rings. The van der Waals surface area contributed by atoms with Crippen LogP contribution in [0.2, 0.25) is 25.7 Å². The van der Waals surface area contributed by atoms with Crippen molar-refractivity contribution in [3.63, 3.8) is 0 Å². The third kappa shape index (κ3) is 6.27. The van der Waals surface area contributed by atoms with Crippen molar-refractivity contribution in [3.05, 3.63) is 69.9 Å². The van der Waals surface area contributed by atoms with Gasteiger partial charge in [-0.2, -0.15) is 0 Å². The van der Waals surface area contributed by atoms with E-state index in [-0.39, 0.29) is 0 Å². The Kier molecular flexibility index (Phi) is 7.87. The highest BCUT2D eigenvalue weighted by Crippen LogP contribution is 2.33. The molecule has 0 radical (unpaired) electrons. The Bertz CT molecular complexity index is 1320. The maximum Gasteiger partial charge on any atom is 0.341 e. The maximum absolute atomic E-state index is 12.6. The molecule has 4 rings (SSSR count). The van der Waals surface area contributed by atoms with Gasteiger partial charge in [0, 0.05) is 30.5 Å². The number of imidazole rings is 1. The van der Waals surface area contributed by atoms with Gasteiger partial charge in [0.2, 0.25) is 0 Å². The van der Waals surface area contributed by atoms with Gasteiger partial charge in [-0.1, -0.05) is 25.7 Å². The lowest BCUT2D eigenvalue weighted by molar-refractivity contribution is 0.0598. The van der Waals surface area contributed by atoms with E-state index in [0.29, 0.717) is 41.7 Å². The van der Waals surface area contributed by atoms with Crippen LogP contribution in [-0.2, 0) is 16.2 Å². The standard InChI is InChI=1S/C26H28IN3O4Si/c1-32-26(31)20-15-22-23(16-24(20)34-19-10-8-18(27)9-11-19)30(17-33-13-14-35(2,3)4)25(29-22)21-7-5-6-12-28-21/h5-12,15-16H,13-14,17H2,1-4H3. The number of benzene rings is 2. The molecule has 0 saturated heterocycles. The number of pyridine rings is 1. The van der Waals surface area contributed by atoms with Gasteiger partial charge in [0.15, 0.2) is 5.82 Å². The van der Waals surface area contributed by atoms with Crippen LogP contribution in [0.3, 0.4) is 0 Å². The fourth-order valence-electron chi connectivity index (χ4n) is 3.49. The van der Waals surface area contributed by atoms with Crippen LogP contribution in [0.5, 0.6) is 11.5 Å². The predicted molar refractivity (Wildman–Crippen MR) is 148 cm³/mol. The van der Waals surface area contributed by atoms with Crippen molar-refractivity contribution in [2.45, 2.75) is 32.4 Å². The molecule has 2 aromatic carbocycles. The maximum atomic E-state index is 12.6. The quantitative estimate of drug-likeness (QED) is 0.0933. The van der Waals surface area contributed by atoms with Crippen LogP contribution in [-0.4, -0.2) is 42.3 Å². The van der Waals surface area contributed by atoms with Gasteiger partial charge in [-0.15, -0.1) is 0 Å². The van der Waals surface area contributed by atoms with Crippen LogP contribution < -0.4 is 4.74 Å². The number of methoxy groups -OCH3 is 1. The molecule has 0 saturated carbocycles. The topological polar surface area (TPSA) is 75.5 Å². The molecular weight excluding hydrogens is 573 g/mol. The molecule has 2 aromatic heterocycles. The Morgan fingerprint density at radius 1 is 1.09 bits per heavy atom. The average molecular weight is 602 g/mol. The van der Waals surface area contributed by atoms with Crippen LogP contribution in [0.15, 0.2) is 60.8 Å². The number of esters is 1. The fraction of sp³-hybridized carbons (Fsp3) is 0.269. The molecule has 182 valence electrons. The van der Waals surface area contributed by atoms with Gasteiger partial charge in [0.25, 0.3) is 0 Å². The highest BCUT2D eigenvalue weighted by Gasteiger charge is 2.21. The molecule has 0 aliphatic rings.